The van der Waals surface area contributed by atoms with Gasteiger partial charge >= 0.3 is 0 Å². The van der Waals surface area contributed by atoms with Gasteiger partial charge in [0.2, 0.25) is 10.0 Å². The Morgan fingerprint density at radius 3 is 2.18 bits per heavy atom. The van der Waals surface area contributed by atoms with Crippen molar-refractivity contribution in [3.8, 4) is 0 Å². The molecule has 0 radical (unpaired) electrons. The smallest absolute Gasteiger partial charge is 0.261 e. The number of anilines is 1. The highest BCUT2D eigenvalue weighted by atomic mass is 32.2. The first-order valence-corrected chi connectivity index (χ1v) is 12.2. The summed E-state index contributed by atoms with van der Waals surface area (Å²) in [7, 11) is -7.30. The van der Waals surface area contributed by atoms with E-state index in [2.05, 4.69) is 4.72 Å². The van der Waals surface area contributed by atoms with Crippen molar-refractivity contribution in [2.75, 3.05) is 17.8 Å². The van der Waals surface area contributed by atoms with Crippen LogP contribution in [-0.4, -0.2) is 34.2 Å². The van der Waals surface area contributed by atoms with Gasteiger partial charge in [-0.15, -0.1) is 0 Å². The summed E-state index contributed by atoms with van der Waals surface area (Å²) >= 11 is 0. The monoisotopic (exact) mass is 422 g/mol. The molecular formula is C20H26N2O4S2. The summed E-state index contributed by atoms with van der Waals surface area (Å²) in [4.78, 5) is 0.352. The Balaban J connectivity index is 1.79. The fourth-order valence-electron chi connectivity index (χ4n) is 3.30. The summed E-state index contributed by atoms with van der Waals surface area (Å²) in [6.07, 6.45) is 1.89. The van der Waals surface area contributed by atoms with Crippen molar-refractivity contribution >= 4 is 25.7 Å². The molecule has 0 aliphatic carbocycles. The number of benzene rings is 2. The van der Waals surface area contributed by atoms with Gasteiger partial charge in [0.05, 0.1) is 9.79 Å². The van der Waals surface area contributed by atoms with E-state index >= 15 is 0 Å². The third kappa shape index (κ3) is 4.39. The van der Waals surface area contributed by atoms with Crippen molar-refractivity contribution in [1.82, 2.24) is 4.31 Å². The molecule has 1 atom stereocenters. The lowest BCUT2D eigenvalue weighted by Crippen LogP contribution is -2.39. The van der Waals surface area contributed by atoms with Gasteiger partial charge in [-0.25, -0.2) is 16.8 Å². The van der Waals surface area contributed by atoms with Gasteiger partial charge in [0.15, 0.2) is 0 Å². The Labute approximate surface area is 167 Å². The van der Waals surface area contributed by atoms with Crippen LogP contribution in [0.15, 0.2) is 52.3 Å². The van der Waals surface area contributed by atoms with Crippen molar-refractivity contribution in [2.24, 2.45) is 5.92 Å². The second kappa shape index (κ2) is 7.85. The molecule has 2 aromatic carbocycles. The zero-order valence-corrected chi connectivity index (χ0v) is 18.0. The van der Waals surface area contributed by atoms with Gasteiger partial charge in [-0.2, -0.15) is 4.31 Å². The van der Waals surface area contributed by atoms with Gasteiger partial charge in [-0.3, -0.25) is 4.72 Å². The van der Waals surface area contributed by atoms with Crippen LogP contribution in [0, 0.1) is 19.8 Å². The maximum absolute atomic E-state index is 12.8. The molecule has 0 saturated carbocycles. The predicted octanol–water partition coefficient (Wildman–Crippen LogP) is 3.52. The number of rotatable bonds is 5. The SMILES string of the molecule is Cc1ccc(S(=O)(=O)Nc2ccc(S(=O)(=O)N3CCCC(C)C3)cc2)cc1C. The van der Waals surface area contributed by atoms with Crippen molar-refractivity contribution in [3.63, 3.8) is 0 Å². The average Bonchev–Trinajstić information content (AvgIpc) is 2.64. The van der Waals surface area contributed by atoms with Crippen LogP contribution in [0.2, 0.25) is 0 Å². The van der Waals surface area contributed by atoms with Gasteiger partial charge in [0, 0.05) is 18.8 Å². The molecule has 0 amide bonds. The summed E-state index contributed by atoms with van der Waals surface area (Å²) in [5.74, 6) is 0.340. The van der Waals surface area contributed by atoms with E-state index < -0.39 is 20.0 Å². The maximum Gasteiger partial charge on any atom is 0.261 e. The number of hydrogen-bond donors (Lipinski definition) is 1. The Kier molecular flexibility index (Phi) is 5.84. The normalized spacial score (nSPS) is 18.8. The van der Waals surface area contributed by atoms with Crippen molar-refractivity contribution in [2.45, 2.75) is 43.4 Å². The summed E-state index contributed by atoms with van der Waals surface area (Å²) < 4.78 is 54.8. The summed E-state index contributed by atoms with van der Waals surface area (Å²) in [5.41, 5.74) is 2.23. The molecule has 28 heavy (non-hydrogen) atoms. The first-order valence-electron chi connectivity index (χ1n) is 9.30. The van der Waals surface area contributed by atoms with E-state index in [1.807, 2.05) is 20.8 Å². The van der Waals surface area contributed by atoms with Crippen LogP contribution in [0.3, 0.4) is 0 Å². The second-order valence-corrected chi connectivity index (χ2v) is 11.1. The van der Waals surface area contributed by atoms with E-state index in [1.165, 1.54) is 28.6 Å². The molecule has 152 valence electrons. The Morgan fingerprint density at radius 1 is 0.929 bits per heavy atom. The van der Waals surface area contributed by atoms with Gasteiger partial charge in [0.25, 0.3) is 10.0 Å². The minimum atomic E-state index is -3.74. The molecule has 1 saturated heterocycles. The summed E-state index contributed by atoms with van der Waals surface area (Å²) in [5, 5.41) is 0. The number of aryl methyl sites for hydroxylation is 2. The molecule has 1 heterocycles. The lowest BCUT2D eigenvalue weighted by Gasteiger charge is -2.30. The zero-order chi connectivity index (χ0) is 20.5. The van der Waals surface area contributed by atoms with Gasteiger partial charge in [-0.1, -0.05) is 13.0 Å². The highest BCUT2D eigenvalue weighted by Gasteiger charge is 2.28. The Hall–Kier alpha value is -1.90. The van der Waals surface area contributed by atoms with E-state index in [4.69, 9.17) is 0 Å². The maximum atomic E-state index is 12.8. The molecule has 8 heteroatoms. The zero-order valence-electron chi connectivity index (χ0n) is 16.3. The minimum absolute atomic E-state index is 0.176. The van der Waals surface area contributed by atoms with Crippen LogP contribution in [0.1, 0.15) is 30.9 Å². The van der Waals surface area contributed by atoms with Crippen LogP contribution in [0.4, 0.5) is 5.69 Å². The van der Waals surface area contributed by atoms with Crippen LogP contribution < -0.4 is 4.72 Å². The fourth-order valence-corrected chi connectivity index (χ4v) is 6.05. The Bertz CT molecular complexity index is 1060. The molecule has 1 aliphatic rings. The van der Waals surface area contributed by atoms with Crippen LogP contribution >= 0.6 is 0 Å². The highest BCUT2D eigenvalue weighted by Crippen LogP contribution is 2.25. The fraction of sp³-hybridized carbons (Fsp3) is 0.400. The summed E-state index contributed by atoms with van der Waals surface area (Å²) in [6.45, 7) is 6.86. The highest BCUT2D eigenvalue weighted by molar-refractivity contribution is 7.92. The molecule has 3 rings (SSSR count). The summed E-state index contributed by atoms with van der Waals surface area (Å²) in [6, 6.07) is 10.8. The van der Waals surface area contributed by atoms with Crippen LogP contribution in [0.25, 0.3) is 0 Å². The quantitative estimate of drug-likeness (QED) is 0.799. The van der Waals surface area contributed by atoms with E-state index in [0.717, 1.165) is 24.0 Å². The third-order valence-corrected chi connectivity index (χ3v) is 8.41. The lowest BCUT2D eigenvalue weighted by atomic mass is 10.0. The molecule has 2 aromatic rings. The number of nitrogens with zero attached hydrogens (tertiary/aromatic N) is 1. The lowest BCUT2D eigenvalue weighted by molar-refractivity contribution is 0.281. The molecule has 0 spiro atoms. The molecule has 0 aromatic heterocycles. The van der Waals surface area contributed by atoms with Gasteiger partial charge in [0.1, 0.15) is 0 Å². The first-order chi connectivity index (χ1) is 13.1. The molecule has 1 N–H and O–H groups in total. The Morgan fingerprint density at radius 2 is 1.57 bits per heavy atom. The van der Waals surface area contributed by atoms with Gasteiger partial charge < -0.3 is 0 Å². The molecule has 1 unspecified atom stereocenters. The van der Waals surface area contributed by atoms with Crippen molar-refractivity contribution in [1.29, 1.82) is 0 Å². The molecule has 1 fully saturated rings. The minimum Gasteiger partial charge on any atom is -0.280 e. The van der Waals surface area contributed by atoms with Crippen LogP contribution in [0.5, 0.6) is 0 Å². The largest absolute Gasteiger partial charge is 0.280 e. The van der Waals surface area contributed by atoms with E-state index in [0.29, 0.717) is 24.7 Å². The standard InChI is InChI=1S/C20H26N2O4S2/c1-15-5-4-12-22(14-15)28(25,26)19-10-7-18(8-11-19)21-27(23,24)20-9-6-16(2)17(3)13-20/h6-11,13,15,21H,4-5,12,14H2,1-3H3. The topological polar surface area (TPSA) is 83.5 Å². The number of piperidine rings is 1. The predicted molar refractivity (Wildman–Crippen MR) is 110 cm³/mol. The molecular weight excluding hydrogens is 396 g/mol. The third-order valence-electron chi connectivity index (χ3n) is 5.15. The van der Waals surface area contributed by atoms with Crippen molar-refractivity contribution < 1.29 is 16.8 Å². The number of sulfonamides is 2. The average molecular weight is 423 g/mol. The van der Waals surface area contributed by atoms with Gasteiger partial charge in [-0.05, 0) is 80.1 Å². The first kappa shape index (κ1) is 20.8. The van der Waals surface area contributed by atoms with E-state index in [1.54, 1.807) is 18.2 Å². The van der Waals surface area contributed by atoms with E-state index in [9.17, 15) is 16.8 Å². The molecule has 0 bridgehead atoms. The number of nitrogens with one attached hydrogen (secondary N) is 1. The van der Waals surface area contributed by atoms with Crippen LogP contribution in [-0.2, 0) is 20.0 Å². The van der Waals surface area contributed by atoms with E-state index in [-0.39, 0.29) is 9.79 Å². The second-order valence-electron chi connectivity index (χ2n) is 7.49. The molecule has 1 aliphatic heterocycles. The van der Waals surface area contributed by atoms with Crippen molar-refractivity contribution in [3.05, 3.63) is 53.6 Å². The molecule has 6 nitrogen and oxygen atoms in total. The number of hydrogen-bond acceptors (Lipinski definition) is 4.